The van der Waals surface area contributed by atoms with Crippen LogP contribution in [0.25, 0.3) is 5.69 Å². The van der Waals surface area contributed by atoms with Gasteiger partial charge in [-0.05, 0) is 39.3 Å². The summed E-state index contributed by atoms with van der Waals surface area (Å²) in [6.07, 6.45) is -0.675. The highest BCUT2D eigenvalue weighted by atomic mass is 32.2. The maximum absolute atomic E-state index is 12.6. The van der Waals surface area contributed by atoms with Crippen molar-refractivity contribution in [1.82, 2.24) is 15.1 Å². The lowest BCUT2D eigenvalue weighted by Crippen LogP contribution is -2.42. The number of hydrogen-bond acceptors (Lipinski definition) is 6. The molecule has 2 atom stereocenters. The van der Waals surface area contributed by atoms with Gasteiger partial charge in [0.25, 0.3) is 5.91 Å². The van der Waals surface area contributed by atoms with Crippen LogP contribution in [0.15, 0.2) is 30.3 Å². The number of nitrogens with one attached hydrogen (secondary N) is 1. The van der Waals surface area contributed by atoms with E-state index in [1.165, 1.54) is 6.92 Å². The molecule has 0 saturated carbocycles. The monoisotopic (exact) mass is 405 g/mol. The molecule has 0 unspecified atom stereocenters. The Morgan fingerprint density at radius 1 is 1.25 bits per heavy atom. The zero-order valence-electron chi connectivity index (χ0n) is 16.0. The number of sulfone groups is 1. The van der Waals surface area contributed by atoms with E-state index >= 15 is 0 Å². The van der Waals surface area contributed by atoms with E-state index in [1.54, 1.807) is 18.5 Å². The normalized spacial score (nSPS) is 19.2. The Morgan fingerprint density at radius 3 is 2.54 bits per heavy atom. The molecule has 1 fully saturated rings. The predicted molar refractivity (Wildman–Crippen MR) is 103 cm³/mol. The number of amides is 1. The molecule has 150 valence electrons. The zero-order chi connectivity index (χ0) is 20.5. The van der Waals surface area contributed by atoms with E-state index in [1.807, 2.05) is 30.3 Å². The third-order valence-corrected chi connectivity index (χ3v) is 6.50. The molecule has 3 rings (SSSR count). The number of para-hydroxylation sites is 1. The molecule has 1 saturated heterocycles. The summed E-state index contributed by atoms with van der Waals surface area (Å²) in [7, 11) is -3.10. The van der Waals surface area contributed by atoms with Gasteiger partial charge in [-0.15, -0.1) is 0 Å². The van der Waals surface area contributed by atoms with E-state index in [9.17, 15) is 18.0 Å². The summed E-state index contributed by atoms with van der Waals surface area (Å²) in [4.78, 5) is 24.9. The van der Waals surface area contributed by atoms with Crippen molar-refractivity contribution in [3.05, 3.63) is 47.3 Å². The van der Waals surface area contributed by atoms with E-state index in [0.29, 0.717) is 23.4 Å². The van der Waals surface area contributed by atoms with Crippen molar-refractivity contribution >= 4 is 21.7 Å². The maximum atomic E-state index is 12.6. The molecule has 28 heavy (non-hydrogen) atoms. The van der Waals surface area contributed by atoms with Crippen LogP contribution in [-0.4, -0.2) is 53.7 Å². The number of aryl methyl sites for hydroxylation is 1. The first-order chi connectivity index (χ1) is 13.2. The third kappa shape index (κ3) is 4.24. The Hall–Kier alpha value is -2.68. The lowest BCUT2D eigenvalue weighted by atomic mass is 10.2. The second-order valence-electron chi connectivity index (χ2n) is 6.95. The van der Waals surface area contributed by atoms with Gasteiger partial charge in [0.1, 0.15) is 5.56 Å². The van der Waals surface area contributed by atoms with Crippen molar-refractivity contribution in [2.45, 2.75) is 39.3 Å². The molecular formula is C19H23N3O5S. The third-order valence-electron chi connectivity index (χ3n) is 4.73. The molecule has 0 bridgehead atoms. The number of benzene rings is 1. The average molecular weight is 405 g/mol. The summed E-state index contributed by atoms with van der Waals surface area (Å²) in [6.45, 7) is 4.93. The molecule has 1 aromatic heterocycles. The van der Waals surface area contributed by atoms with Crippen molar-refractivity contribution in [2.75, 3.05) is 11.5 Å². The molecule has 0 aliphatic carbocycles. The molecule has 1 aromatic carbocycles. The first kappa shape index (κ1) is 20.1. The zero-order valence-corrected chi connectivity index (χ0v) is 16.8. The summed E-state index contributed by atoms with van der Waals surface area (Å²) in [5.74, 6) is -1.18. The summed E-state index contributed by atoms with van der Waals surface area (Å²) < 4.78 is 30.0. The topological polar surface area (TPSA) is 107 Å². The van der Waals surface area contributed by atoms with E-state index in [-0.39, 0.29) is 11.5 Å². The number of carbonyl (C=O) groups is 2. The molecule has 2 aromatic rings. The second-order valence-corrected chi connectivity index (χ2v) is 9.18. The van der Waals surface area contributed by atoms with Crippen LogP contribution < -0.4 is 5.32 Å². The highest BCUT2D eigenvalue weighted by Crippen LogP contribution is 2.19. The van der Waals surface area contributed by atoms with Gasteiger partial charge in [-0.3, -0.25) is 4.79 Å². The molecule has 0 spiro atoms. The number of aromatic nitrogens is 2. The van der Waals surface area contributed by atoms with Gasteiger partial charge >= 0.3 is 5.97 Å². The maximum Gasteiger partial charge on any atom is 0.342 e. The minimum Gasteiger partial charge on any atom is -0.449 e. The van der Waals surface area contributed by atoms with Crippen LogP contribution in [-0.2, 0) is 19.4 Å². The van der Waals surface area contributed by atoms with Gasteiger partial charge in [0, 0.05) is 6.04 Å². The molecule has 2 heterocycles. The van der Waals surface area contributed by atoms with Crippen molar-refractivity contribution in [2.24, 2.45) is 0 Å². The minimum atomic E-state index is -3.10. The predicted octanol–water partition coefficient (Wildman–Crippen LogP) is 1.34. The van der Waals surface area contributed by atoms with Crippen molar-refractivity contribution in [3.63, 3.8) is 0 Å². The molecule has 9 heteroatoms. The molecule has 1 N–H and O–H groups in total. The quantitative estimate of drug-likeness (QED) is 0.752. The molecule has 1 amide bonds. The van der Waals surface area contributed by atoms with Crippen LogP contribution in [0.1, 0.15) is 35.1 Å². The number of nitrogens with zero attached hydrogens (tertiary/aromatic N) is 2. The molecule has 8 nitrogen and oxygen atoms in total. The average Bonchev–Trinajstić information content (AvgIpc) is 3.13. The Balaban J connectivity index is 1.69. The van der Waals surface area contributed by atoms with Crippen LogP contribution in [0.5, 0.6) is 0 Å². The Kier molecular flexibility index (Phi) is 5.55. The molecular weight excluding hydrogens is 382 g/mol. The molecule has 0 radical (unpaired) electrons. The number of ether oxygens (including phenoxy) is 1. The first-order valence-corrected chi connectivity index (χ1v) is 10.8. The SMILES string of the molecule is Cc1nn(-c2ccccc2)c(C)c1C(=O)O[C@@H](C)C(=O)N[C@H]1CCS(=O)(=O)C1. The summed E-state index contributed by atoms with van der Waals surface area (Å²) in [5.41, 5.74) is 2.24. The van der Waals surface area contributed by atoms with Crippen LogP contribution >= 0.6 is 0 Å². The van der Waals surface area contributed by atoms with Gasteiger partial charge in [0.05, 0.1) is 28.6 Å². The van der Waals surface area contributed by atoms with Gasteiger partial charge < -0.3 is 10.1 Å². The summed E-state index contributed by atoms with van der Waals surface area (Å²) in [5, 5.41) is 7.04. The minimum absolute atomic E-state index is 0.0587. The lowest BCUT2D eigenvalue weighted by Gasteiger charge is -2.16. The van der Waals surface area contributed by atoms with Crippen molar-refractivity contribution in [3.8, 4) is 5.69 Å². The standard InChI is InChI=1S/C19H23N3O5S/c1-12-17(13(2)22(21-12)16-7-5-4-6-8-16)19(24)27-14(3)18(23)20-15-9-10-28(25,26)11-15/h4-8,14-15H,9-11H2,1-3H3,(H,20,23)/t14-,15-/m0/s1. The number of esters is 1. The number of carbonyl (C=O) groups excluding carboxylic acids is 2. The Morgan fingerprint density at radius 2 is 1.93 bits per heavy atom. The largest absolute Gasteiger partial charge is 0.449 e. The van der Waals surface area contributed by atoms with E-state index in [4.69, 9.17) is 4.74 Å². The van der Waals surface area contributed by atoms with Crippen LogP contribution in [0.4, 0.5) is 0 Å². The van der Waals surface area contributed by atoms with Crippen LogP contribution in [0.3, 0.4) is 0 Å². The highest BCUT2D eigenvalue weighted by Gasteiger charge is 2.31. The summed E-state index contributed by atoms with van der Waals surface area (Å²) in [6, 6.07) is 8.95. The fraction of sp³-hybridized carbons (Fsp3) is 0.421. The summed E-state index contributed by atoms with van der Waals surface area (Å²) >= 11 is 0. The lowest BCUT2D eigenvalue weighted by molar-refractivity contribution is -0.129. The number of hydrogen-bond donors (Lipinski definition) is 1. The Labute approximate surface area is 163 Å². The second kappa shape index (κ2) is 7.75. The van der Waals surface area contributed by atoms with Gasteiger partial charge in [-0.25, -0.2) is 17.9 Å². The number of rotatable bonds is 5. The van der Waals surface area contributed by atoms with E-state index < -0.39 is 33.9 Å². The smallest absolute Gasteiger partial charge is 0.342 e. The fourth-order valence-corrected chi connectivity index (χ4v) is 4.93. The van der Waals surface area contributed by atoms with Gasteiger partial charge in [0.15, 0.2) is 15.9 Å². The van der Waals surface area contributed by atoms with Gasteiger partial charge in [-0.1, -0.05) is 18.2 Å². The van der Waals surface area contributed by atoms with Gasteiger partial charge in [0.2, 0.25) is 0 Å². The van der Waals surface area contributed by atoms with Crippen LogP contribution in [0, 0.1) is 13.8 Å². The molecule has 1 aliphatic rings. The van der Waals surface area contributed by atoms with E-state index in [0.717, 1.165) is 5.69 Å². The highest BCUT2D eigenvalue weighted by molar-refractivity contribution is 7.91. The van der Waals surface area contributed by atoms with E-state index in [2.05, 4.69) is 10.4 Å². The molecule has 1 aliphatic heterocycles. The van der Waals surface area contributed by atoms with Gasteiger partial charge in [-0.2, -0.15) is 5.10 Å². The first-order valence-electron chi connectivity index (χ1n) is 9.01. The Bertz CT molecular complexity index is 998. The fourth-order valence-electron chi connectivity index (χ4n) is 3.26. The van der Waals surface area contributed by atoms with Crippen molar-refractivity contribution < 1.29 is 22.7 Å². The van der Waals surface area contributed by atoms with Crippen LogP contribution in [0.2, 0.25) is 0 Å². The van der Waals surface area contributed by atoms with Crippen molar-refractivity contribution in [1.29, 1.82) is 0 Å².